The van der Waals surface area contributed by atoms with Gasteiger partial charge in [0.1, 0.15) is 24.3 Å². The Kier molecular flexibility index (Phi) is 7.50. The molecule has 2 heterocycles. The van der Waals surface area contributed by atoms with Gasteiger partial charge < -0.3 is 13.9 Å². The number of oxazole rings is 1. The molecule has 0 amide bonds. The minimum absolute atomic E-state index is 0.582. The molecule has 1 saturated heterocycles. The van der Waals surface area contributed by atoms with Crippen LogP contribution >= 0.6 is 0 Å². The van der Waals surface area contributed by atoms with Gasteiger partial charge in [0.25, 0.3) is 0 Å². The van der Waals surface area contributed by atoms with Gasteiger partial charge in [0.2, 0.25) is 5.89 Å². The molecule has 0 aliphatic carbocycles. The lowest BCUT2D eigenvalue weighted by molar-refractivity contribution is 0.0586. The van der Waals surface area contributed by atoms with Gasteiger partial charge in [-0.25, -0.2) is 4.98 Å². The molecule has 0 N–H and O–H groups in total. The molecule has 0 atom stereocenters. The summed E-state index contributed by atoms with van der Waals surface area (Å²) in [5, 5.41) is 0. The number of rotatable bonds is 10. The number of nitrogens with zero attached hydrogens (tertiary/aromatic N) is 3. The fraction of sp³-hybridized carbons (Fsp3) is 0.375. The van der Waals surface area contributed by atoms with Crippen LogP contribution in [-0.2, 0) is 11.3 Å². The molecule has 3 aromatic rings. The van der Waals surface area contributed by atoms with E-state index in [0.717, 1.165) is 68.8 Å². The Labute approximate surface area is 178 Å². The zero-order chi connectivity index (χ0) is 20.4. The van der Waals surface area contributed by atoms with Gasteiger partial charge in [-0.1, -0.05) is 48.5 Å². The zero-order valence-electron chi connectivity index (χ0n) is 17.3. The van der Waals surface area contributed by atoms with Crippen molar-refractivity contribution in [2.24, 2.45) is 0 Å². The molecule has 4 rings (SSSR count). The van der Waals surface area contributed by atoms with Crippen LogP contribution in [0.3, 0.4) is 0 Å². The summed E-state index contributed by atoms with van der Waals surface area (Å²) in [5.74, 6) is 1.67. The maximum absolute atomic E-state index is 5.72. The van der Waals surface area contributed by atoms with Gasteiger partial charge >= 0.3 is 0 Å². The first kappa shape index (κ1) is 20.6. The Balaban J connectivity index is 1.09. The number of hydrogen-bond donors (Lipinski definition) is 0. The summed E-state index contributed by atoms with van der Waals surface area (Å²) in [5.41, 5.74) is 1.99. The Morgan fingerprint density at radius 2 is 1.50 bits per heavy atom. The van der Waals surface area contributed by atoms with E-state index < -0.39 is 0 Å². The van der Waals surface area contributed by atoms with Gasteiger partial charge in [-0.3, -0.25) is 9.80 Å². The van der Waals surface area contributed by atoms with Crippen LogP contribution in [-0.4, -0.2) is 67.3 Å². The first-order valence-corrected chi connectivity index (χ1v) is 10.6. The van der Waals surface area contributed by atoms with Crippen molar-refractivity contribution >= 4 is 0 Å². The number of ether oxygens (including phenoxy) is 2. The number of para-hydroxylation sites is 1. The van der Waals surface area contributed by atoms with Gasteiger partial charge in [0.15, 0.2) is 0 Å². The predicted molar refractivity (Wildman–Crippen MR) is 116 cm³/mol. The van der Waals surface area contributed by atoms with E-state index in [0.29, 0.717) is 13.2 Å². The lowest BCUT2D eigenvalue weighted by atomic mass is 10.2. The lowest BCUT2D eigenvalue weighted by Gasteiger charge is -2.33. The van der Waals surface area contributed by atoms with Crippen molar-refractivity contribution in [3.05, 3.63) is 72.8 Å². The highest BCUT2D eigenvalue weighted by atomic mass is 16.5. The Bertz CT molecular complexity index is 862. The molecule has 6 nitrogen and oxygen atoms in total. The van der Waals surface area contributed by atoms with Crippen molar-refractivity contribution in [2.75, 3.05) is 52.5 Å². The second-order valence-corrected chi connectivity index (χ2v) is 7.38. The molecule has 0 unspecified atom stereocenters. The molecule has 30 heavy (non-hydrogen) atoms. The summed E-state index contributed by atoms with van der Waals surface area (Å²) in [7, 11) is 0. The second kappa shape index (κ2) is 10.9. The van der Waals surface area contributed by atoms with Crippen LogP contribution < -0.4 is 4.74 Å². The zero-order valence-corrected chi connectivity index (χ0v) is 17.3. The van der Waals surface area contributed by atoms with E-state index in [2.05, 4.69) is 26.9 Å². The second-order valence-electron chi connectivity index (χ2n) is 7.38. The fourth-order valence-corrected chi connectivity index (χ4v) is 3.52. The summed E-state index contributed by atoms with van der Waals surface area (Å²) in [6.45, 7) is 7.75. The molecule has 0 saturated carbocycles. The average molecular weight is 408 g/mol. The minimum Gasteiger partial charge on any atom is -0.491 e. The highest BCUT2D eigenvalue weighted by Crippen LogP contribution is 2.19. The Morgan fingerprint density at radius 3 is 2.27 bits per heavy atom. The van der Waals surface area contributed by atoms with Crippen LogP contribution in [0.1, 0.15) is 5.89 Å². The number of benzene rings is 2. The third-order valence-electron chi connectivity index (χ3n) is 5.24. The maximum Gasteiger partial charge on any atom is 0.208 e. The summed E-state index contributed by atoms with van der Waals surface area (Å²) < 4.78 is 17.0. The van der Waals surface area contributed by atoms with Gasteiger partial charge in [-0.2, -0.15) is 0 Å². The number of piperazine rings is 1. The molecule has 2 aromatic carbocycles. The molecule has 1 aromatic heterocycles. The topological polar surface area (TPSA) is 51.0 Å². The fourth-order valence-electron chi connectivity index (χ4n) is 3.52. The molecule has 0 radical (unpaired) electrons. The third-order valence-corrected chi connectivity index (χ3v) is 5.24. The molecule has 6 heteroatoms. The first-order valence-electron chi connectivity index (χ1n) is 10.6. The normalized spacial score (nSPS) is 15.3. The van der Waals surface area contributed by atoms with E-state index in [1.54, 1.807) is 6.26 Å². The Hall–Kier alpha value is -2.67. The van der Waals surface area contributed by atoms with Gasteiger partial charge in [-0.05, 0) is 12.1 Å². The average Bonchev–Trinajstić information content (AvgIpc) is 3.27. The van der Waals surface area contributed by atoms with Crippen molar-refractivity contribution in [3.8, 4) is 17.0 Å². The predicted octanol–water partition coefficient (Wildman–Crippen LogP) is 3.55. The molecule has 0 spiro atoms. The van der Waals surface area contributed by atoms with E-state index in [1.165, 1.54) is 0 Å². The van der Waals surface area contributed by atoms with E-state index in [-0.39, 0.29) is 0 Å². The molecule has 1 fully saturated rings. The van der Waals surface area contributed by atoms with Crippen molar-refractivity contribution < 1.29 is 13.9 Å². The highest BCUT2D eigenvalue weighted by Gasteiger charge is 2.18. The van der Waals surface area contributed by atoms with E-state index in [9.17, 15) is 0 Å². The summed E-state index contributed by atoms with van der Waals surface area (Å²) >= 11 is 0. The third kappa shape index (κ3) is 6.16. The Morgan fingerprint density at radius 1 is 0.800 bits per heavy atom. The van der Waals surface area contributed by atoms with Crippen molar-refractivity contribution in [1.82, 2.24) is 14.8 Å². The van der Waals surface area contributed by atoms with E-state index >= 15 is 0 Å². The van der Waals surface area contributed by atoms with Crippen LogP contribution in [0.5, 0.6) is 5.75 Å². The SMILES string of the molecule is c1ccc(OCCOCCN2CCN(Cc3nc(-c4ccccc4)co3)CC2)cc1. The van der Waals surface area contributed by atoms with Crippen LogP contribution in [0.25, 0.3) is 11.3 Å². The van der Waals surface area contributed by atoms with Gasteiger partial charge in [-0.15, -0.1) is 0 Å². The monoisotopic (exact) mass is 407 g/mol. The summed E-state index contributed by atoms with van der Waals surface area (Å²) in [4.78, 5) is 9.48. The highest BCUT2D eigenvalue weighted by molar-refractivity contribution is 5.57. The molecule has 0 bridgehead atoms. The van der Waals surface area contributed by atoms with Gasteiger partial charge in [0.05, 0.1) is 19.8 Å². The first-order chi connectivity index (χ1) is 14.9. The quantitative estimate of drug-likeness (QED) is 0.479. The molecule has 1 aliphatic rings. The lowest BCUT2D eigenvalue weighted by Crippen LogP contribution is -2.46. The number of aromatic nitrogens is 1. The molecule has 158 valence electrons. The van der Waals surface area contributed by atoms with Crippen molar-refractivity contribution in [3.63, 3.8) is 0 Å². The largest absolute Gasteiger partial charge is 0.491 e. The van der Waals surface area contributed by atoms with Crippen LogP contribution in [0.4, 0.5) is 0 Å². The van der Waals surface area contributed by atoms with Crippen LogP contribution in [0, 0.1) is 0 Å². The smallest absolute Gasteiger partial charge is 0.208 e. The van der Waals surface area contributed by atoms with Crippen LogP contribution in [0.2, 0.25) is 0 Å². The number of hydrogen-bond acceptors (Lipinski definition) is 6. The van der Waals surface area contributed by atoms with E-state index in [4.69, 9.17) is 13.9 Å². The standard InChI is InChI=1S/C24H29N3O3/c1-3-7-21(8-4-1)23-20-30-24(25-23)19-27-13-11-26(12-14-27)15-16-28-17-18-29-22-9-5-2-6-10-22/h1-10,20H,11-19H2. The van der Waals surface area contributed by atoms with Crippen molar-refractivity contribution in [2.45, 2.75) is 6.54 Å². The summed E-state index contributed by atoms with van der Waals surface area (Å²) in [6, 6.07) is 20.0. The minimum atomic E-state index is 0.582. The van der Waals surface area contributed by atoms with E-state index in [1.807, 2.05) is 48.5 Å². The molecular weight excluding hydrogens is 378 g/mol. The van der Waals surface area contributed by atoms with Crippen LogP contribution in [0.15, 0.2) is 71.3 Å². The molecule has 1 aliphatic heterocycles. The van der Waals surface area contributed by atoms with Crippen molar-refractivity contribution in [1.29, 1.82) is 0 Å². The van der Waals surface area contributed by atoms with Gasteiger partial charge in [0, 0.05) is 38.3 Å². The summed E-state index contributed by atoms with van der Waals surface area (Å²) in [6.07, 6.45) is 1.75. The molecular formula is C24H29N3O3. The maximum atomic E-state index is 5.72.